The molecule has 2 N–H and O–H groups in total. The molecule has 0 aliphatic heterocycles. The van der Waals surface area contributed by atoms with Gasteiger partial charge in [0.1, 0.15) is 6.54 Å². The lowest BCUT2D eigenvalue weighted by molar-refractivity contribution is -0.139. The number of carbonyl (C=O) groups is 3. The number of aliphatic carboxylic acids is 1. The maximum absolute atomic E-state index is 11.9. The van der Waals surface area contributed by atoms with Gasteiger partial charge in [0.2, 0.25) is 5.91 Å². The fourth-order valence-electron chi connectivity index (χ4n) is 1.36. The van der Waals surface area contributed by atoms with E-state index in [1.54, 1.807) is 31.6 Å². The third kappa shape index (κ3) is 4.23. The van der Waals surface area contributed by atoms with E-state index >= 15 is 0 Å². The first-order valence-electron chi connectivity index (χ1n) is 5.81. The highest BCUT2D eigenvalue weighted by Gasteiger charge is 2.25. The van der Waals surface area contributed by atoms with Gasteiger partial charge in [0.05, 0.1) is 0 Å². The number of likely N-dealkylation sites (N-methyl/N-ethyl adjacent to an activating group) is 2. The van der Waals surface area contributed by atoms with Gasteiger partial charge in [-0.05, 0) is 11.4 Å². The second kappa shape index (κ2) is 6.90. The number of carboxylic acid groups (broad SMARTS) is 1. The van der Waals surface area contributed by atoms with Gasteiger partial charge in [0.15, 0.2) is 6.04 Å². The molecular formula is C12H17N3O4S. The number of nitrogens with zero attached hydrogens (tertiary/aromatic N) is 2. The Labute approximate surface area is 120 Å². The Morgan fingerprint density at radius 1 is 1.35 bits per heavy atom. The fourth-order valence-corrected chi connectivity index (χ4v) is 2.13. The highest BCUT2D eigenvalue weighted by atomic mass is 32.1. The van der Waals surface area contributed by atoms with Gasteiger partial charge in [-0.1, -0.05) is 6.07 Å². The highest BCUT2D eigenvalue weighted by Crippen LogP contribution is 2.19. The molecule has 1 aromatic heterocycles. The summed E-state index contributed by atoms with van der Waals surface area (Å²) in [6.45, 7) is -0.115. The average Bonchev–Trinajstić information content (AvgIpc) is 2.88. The monoisotopic (exact) mass is 299 g/mol. The molecule has 0 fully saturated rings. The summed E-state index contributed by atoms with van der Waals surface area (Å²) < 4.78 is 0. The van der Waals surface area contributed by atoms with Crippen molar-refractivity contribution in [3.63, 3.8) is 0 Å². The summed E-state index contributed by atoms with van der Waals surface area (Å²) in [4.78, 5) is 37.6. The Hall–Kier alpha value is -2.09. The summed E-state index contributed by atoms with van der Waals surface area (Å²) >= 11 is 1.24. The molecule has 7 nitrogen and oxygen atoms in total. The molecule has 0 radical (unpaired) electrons. The van der Waals surface area contributed by atoms with Gasteiger partial charge in [0.25, 0.3) is 0 Å². The van der Waals surface area contributed by atoms with Gasteiger partial charge in [-0.15, -0.1) is 11.3 Å². The summed E-state index contributed by atoms with van der Waals surface area (Å²) in [5.41, 5.74) is 0. The molecule has 1 rings (SSSR count). The van der Waals surface area contributed by atoms with E-state index in [9.17, 15) is 14.4 Å². The molecule has 0 aromatic carbocycles. The van der Waals surface area contributed by atoms with Crippen molar-refractivity contribution in [3.8, 4) is 0 Å². The first-order chi connectivity index (χ1) is 9.32. The van der Waals surface area contributed by atoms with E-state index in [1.807, 2.05) is 0 Å². The summed E-state index contributed by atoms with van der Waals surface area (Å²) in [5, 5.41) is 13.3. The number of carboxylic acids is 1. The van der Waals surface area contributed by atoms with Crippen molar-refractivity contribution < 1.29 is 19.5 Å². The van der Waals surface area contributed by atoms with Crippen molar-refractivity contribution in [2.24, 2.45) is 0 Å². The van der Waals surface area contributed by atoms with Gasteiger partial charge in [-0.25, -0.2) is 9.59 Å². The number of amides is 3. The van der Waals surface area contributed by atoms with Crippen molar-refractivity contribution in [1.29, 1.82) is 0 Å². The zero-order chi connectivity index (χ0) is 15.3. The number of hydrogen-bond donors (Lipinski definition) is 2. The molecule has 0 saturated carbocycles. The van der Waals surface area contributed by atoms with E-state index in [0.717, 1.165) is 4.90 Å². The Kier molecular flexibility index (Phi) is 5.51. The van der Waals surface area contributed by atoms with Crippen LogP contribution in [0.5, 0.6) is 0 Å². The molecule has 0 saturated heterocycles. The minimum absolute atomic E-state index is 0.115. The van der Waals surface area contributed by atoms with Crippen LogP contribution in [0.3, 0.4) is 0 Å². The van der Waals surface area contributed by atoms with Crippen LogP contribution in [0.25, 0.3) is 0 Å². The van der Waals surface area contributed by atoms with Crippen molar-refractivity contribution in [1.82, 2.24) is 15.1 Å². The molecular weight excluding hydrogens is 282 g/mol. The lowest BCUT2D eigenvalue weighted by atomic mass is 10.2. The molecule has 0 aliphatic carbocycles. The molecule has 20 heavy (non-hydrogen) atoms. The quantitative estimate of drug-likeness (QED) is 0.833. The van der Waals surface area contributed by atoms with Crippen molar-refractivity contribution in [2.75, 3.05) is 27.7 Å². The van der Waals surface area contributed by atoms with Gasteiger partial charge in [-0.3, -0.25) is 4.79 Å². The molecule has 1 aromatic rings. The second-order valence-corrected chi connectivity index (χ2v) is 5.36. The van der Waals surface area contributed by atoms with Crippen LogP contribution < -0.4 is 5.32 Å². The van der Waals surface area contributed by atoms with Crippen LogP contribution in [0.15, 0.2) is 17.5 Å². The number of hydrogen-bond acceptors (Lipinski definition) is 4. The number of carbonyl (C=O) groups excluding carboxylic acids is 2. The van der Waals surface area contributed by atoms with Crippen LogP contribution in [0.4, 0.5) is 4.79 Å². The number of thiophene rings is 1. The molecule has 1 atom stereocenters. The van der Waals surface area contributed by atoms with Crippen LogP contribution in [0.2, 0.25) is 0 Å². The van der Waals surface area contributed by atoms with E-state index in [4.69, 9.17) is 5.11 Å². The number of nitrogens with one attached hydrogen (secondary N) is 1. The fraction of sp³-hybridized carbons (Fsp3) is 0.417. The first kappa shape index (κ1) is 16.0. The van der Waals surface area contributed by atoms with Crippen molar-refractivity contribution in [2.45, 2.75) is 6.04 Å². The molecule has 3 amide bonds. The summed E-state index contributed by atoms with van der Waals surface area (Å²) in [7, 11) is 4.60. The Balaban J connectivity index is 2.67. The molecule has 0 aliphatic rings. The number of rotatable bonds is 5. The third-order valence-corrected chi connectivity index (χ3v) is 3.50. The second-order valence-electron chi connectivity index (χ2n) is 4.38. The van der Waals surface area contributed by atoms with Gasteiger partial charge >= 0.3 is 12.0 Å². The van der Waals surface area contributed by atoms with Crippen LogP contribution in [-0.2, 0) is 9.59 Å². The topological polar surface area (TPSA) is 90.0 Å². The SMILES string of the molecule is CN(C)C(=O)CN(C)C(=O)NC(C(=O)O)c1cccs1. The third-order valence-electron chi connectivity index (χ3n) is 2.56. The standard InChI is InChI=1S/C12H17N3O4S/c1-14(2)9(16)7-15(3)12(19)13-10(11(17)18)8-5-4-6-20-8/h4-6,10H,7H2,1-3H3,(H,13,19)(H,17,18). The minimum atomic E-state index is -1.15. The van der Waals surface area contributed by atoms with Crippen LogP contribution in [-0.4, -0.2) is 60.5 Å². The van der Waals surface area contributed by atoms with Crippen LogP contribution >= 0.6 is 11.3 Å². The first-order valence-corrected chi connectivity index (χ1v) is 6.69. The van der Waals surface area contributed by atoms with Crippen LogP contribution in [0, 0.1) is 0 Å². The number of urea groups is 1. The molecule has 1 heterocycles. The van der Waals surface area contributed by atoms with E-state index in [1.165, 1.54) is 23.3 Å². The zero-order valence-corrected chi connectivity index (χ0v) is 12.3. The van der Waals surface area contributed by atoms with E-state index in [-0.39, 0.29) is 12.5 Å². The van der Waals surface area contributed by atoms with E-state index in [0.29, 0.717) is 4.88 Å². The normalized spacial score (nSPS) is 11.6. The Morgan fingerprint density at radius 2 is 2.00 bits per heavy atom. The smallest absolute Gasteiger partial charge is 0.331 e. The van der Waals surface area contributed by atoms with E-state index in [2.05, 4.69) is 5.32 Å². The maximum atomic E-state index is 11.9. The van der Waals surface area contributed by atoms with E-state index < -0.39 is 18.0 Å². The van der Waals surface area contributed by atoms with Crippen LogP contribution in [0.1, 0.15) is 10.9 Å². The summed E-state index contributed by atoms with van der Waals surface area (Å²) in [5.74, 6) is -1.39. The van der Waals surface area contributed by atoms with Crippen molar-refractivity contribution in [3.05, 3.63) is 22.4 Å². The average molecular weight is 299 g/mol. The zero-order valence-electron chi connectivity index (χ0n) is 11.5. The molecule has 110 valence electrons. The Bertz CT molecular complexity index is 487. The van der Waals surface area contributed by atoms with Gasteiger partial charge in [0, 0.05) is 26.0 Å². The lowest BCUT2D eigenvalue weighted by Crippen LogP contribution is -2.45. The summed E-state index contributed by atoms with van der Waals surface area (Å²) in [6, 6.07) is 1.62. The lowest BCUT2D eigenvalue weighted by Gasteiger charge is -2.21. The molecule has 1 unspecified atom stereocenters. The molecule has 0 spiro atoms. The van der Waals surface area contributed by atoms with Gasteiger partial charge < -0.3 is 20.2 Å². The summed E-state index contributed by atoms with van der Waals surface area (Å²) in [6.07, 6.45) is 0. The maximum Gasteiger partial charge on any atom is 0.331 e. The molecule has 0 bridgehead atoms. The predicted molar refractivity (Wildman–Crippen MR) is 74.6 cm³/mol. The molecule has 8 heteroatoms. The largest absolute Gasteiger partial charge is 0.479 e. The Morgan fingerprint density at radius 3 is 2.45 bits per heavy atom. The van der Waals surface area contributed by atoms with Gasteiger partial charge in [-0.2, -0.15) is 0 Å². The highest BCUT2D eigenvalue weighted by molar-refractivity contribution is 7.10. The predicted octanol–water partition coefficient (Wildman–Crippen LogP) is 0.603. The minimum Gasteiger partial charge on any atom is -0.479 e. The van der Waals surface area contributed by atoms with Crippen molar-refractivity contribution >= 4 is 29.2 Å².